The van der Waals surface area contributed by atoms with Crippen LogP contribution >= 0.6 is 0 Å². The molecule has 1 heterocycles. The topological polar surface area (TPSA) is 90.1 Å². The predicted octanol–water partition coefficient (Wildman–Crippen LogP) is 1.57. The second-order valence-electron chi connectivity index (χ2n) is 4.51. The number of aromatic nitrogens is 2. The molecule has 0 radical (unpaired) electrons. The lowest BCUT2D eigenvalue weighted by Gasteiger charge is -2.09. The average Bonchev–Trinajstić information content (AvgIpc) is 2.49. The van der Waals surface area contributed by atoms with Crippen LogP contribution in [-0.2, 0) is 0 Å². The molecule has 1 aromatic carbocycles. The number of anilines is 1. The van der Waals surface area contributed by atoms with Gasteiger partial charge in [0.25, 0.3) is 5.91 Å². The molecule has 0 aliphatic rings. The van der Waals surface area contributed by atoms with E-state index in [1.165, 1.54) is 12.4 Å². The van der Waals surface area contributed by atoms with Crippen molar-refractivity contribution in [2.75, 3.05) is 18.9 Å². The molecule has 0 bridgehead atoms. The zero-order valence-electron chi connectivity index (χ0n) is 11.9. The molecule has 21 heavy (non-hydrogen) atoms. The average molecular weight is 286 g/mol. The van der Waals surface area contributed by atoms with Gasteiger partial charge in [0.1, 0.15) is 5.75 Å². The molecule has 6 heteroatoms. The Labute approximate surface area is 123 Å². The second-order valence-corrected chi connectivity index (χ2v) is 4.51. The third-order valence-electron chi connectivity index (χ3n) is 2.90. The lowest BCUT2D eigenvalue weighted by molar-refractivity contribution is 0.0947. The van der Waals surface area contributed by atoms with Crippen molar-refractivity contribution in [3.8, 4) is 5.75 Å². The third-order valence-corrected chi connectivity index (χ3v) is 2.90. The second kappa shape index (κ2) is 7.23. The Kier molecular flexibility index (Phi) is 5.09. The van der Waals surface area contributed by atoms with Gasteiger partial charge in [0, 0.05) is 18.9 Å². The zero-order valence-corrected chi connectivity index (χ0v) is 11.9. The normalized spacial score (nSPS) is 10.1. The molecule has 6 nitrogen and oxygen atoms in total. The summed E-state index contributed by atoms with van der Waals surface area (Å²) >= 11 is 0. The largest absolute Gasteiger partial charge is 0.493 e. The highest BCUT2D eigenvalue weighted by molar-refractivity contribution is 5.96. The fourth-order valence-electron chi connectivity index (χ4n) is 1.78. The number of nitrogen functional groups attached to an aromatic ring is 1. The minimum atomic E-state index is -0.323. The molecule has 2 aromatic rings. The maximum absolute atomic E-state index is 11.8. The number of carbonyl (C=O) groups is 1. The predicted molar refractivity (Wildman–Crippen MR) is 80.1 cm³/mol. The standard InChI is InChI=1S/C15H18N4O2/c1-11-5-2-3-6-12(11)21-10-4-7-19-15(20)13-14(16)18-9-8-17-13/h2-3,5-6,8-9H,4,7,10H2,1H3,(H2,16,18)(H,19,20). The minimum absolute atomic E-state index is 0.131. The van der Waals surface area contributed by atoms with Crippen molar-refractivity contribution in [3.05, 3.63) is 47.9 Å². The van der Waals surface area contributed by atoms with Gasteiger partial charge in [-0.25, -0.2) is 9.97 Å². The summed E-state index contributed by atoms with van der Waals surface area (Å²) in [6, 6.07) is 7.82. The van der Waals surface area contributed by atoms with Crippen LogP contribution in [0.15, 0.2) is 36.7 Å². The summed E-state index contributed by atoms with van der Waals surface area (Å²) in [6.45, 7) is 3.01. The first-order chi connectivity index (χ1) is 10.2. The van der Waals surface area contributed by atoms with Crippen molar-refractivity contribution < 1.29 is 9.53 Å². The van der Waals surface area contributed by atoms with E-state index in [4.69, 9.17) is 10.5 Å². The molecule has 0 saturated carbocycles. The lowest BCUT2D eigenvalue weighted by Crippen LogP contribution is -2.27. The van der Waals surface area contributed by atoms with Gasteiger partial charge in [-0.1, -0.05) is 18.2 Å². The van der Waals surface area contributed by atoms with Gasteiger partial charge in [-0.2, -0.15) is 0 Å². The van der Waals surface area contributed by atoms with Crippen molar-refractivity contribution >= 4 is 11.7 Å². The molecule has 3 N–H and O–H groups in total. The van der Waals surface area contributed by atoms with Crippen molar-refractivity contribution in [1.29, 1.82) is 0 Å². The first-order valence-corrected chi connectivity index (χ1v) is 6.71. The van der Waals surface area contributed by atoms with Crippen LogP contribution in [0.3, 0.4) is 0 Å². The zero-order chi connectivity index (χ0) is 15.1. The third kappa shape index (κ3) is 4.17. The molecule has 0 fully saturated rings. The molecule has 1 amide bonds. The molecule has 0 aliphatic carbocycles. The van der Waals surface area contributed by atoms with Crippen LogP contribution in [0.1, 0.15) is 22.5 Å². The van der Waals surface area contributed by atoms with Crippen molar-refractivity contribution in [3.63, 3.8) is 0 Å². The van der Waals surface area contributed by atoms with Crippen LogP contribution in [0.4, 0.5) is 5.82 Å². The summed E-state index contributed by atoms with van der Waals surface area (Å²) in [4.78, 5) is 19.5. The highest BCUT2D eigenvalue weighted by Crippen LogP contribution is 2.15. The van der Waals surface area contributed by atoms with Crippen LogP contribution in [0.5, 0.6) is 5.75 Å². The minimum Gasteiger partial charge on any atom is -0.493 e. The van der Waals surface area contributed by atoms with Gasteiger partial charge in [0.2, 0.25) is 0 Å². The van der Waals surface area contributed by atoms with Gasteiger partial charge in [-0.05, 0) is 25.0 Å². The van der Waals surface area contributed by atoms with E-state index in [1.54, 1.807) is 0 Å². The number of rotatable bonds is 6. The summed E-state index contributed by atoms with van der Waals surface area (Å²) in [5.74, 6) is 0.671. The number of carbonyl (C=O) groups excluding carboxylic acids is 1. The number of aryl methyl sites for hydroxylation is 1. The number of nitrogens with zero attached hydrogens (tertiary/aromatic N) is 2. The quantitative estimate of drug-likeness (QED) is 0.787. The summed E-state index contributed by atoms with van der Waals surface area (Å²) in [7, 11) is 0. The molecule has 0 unspecified atom stereocenters. The first-order valence-electron chi connectivity index (χ1n) is 6.71. The number of amides is 1. The van der Waals surface area contributed by atoms with Crippen molar-refractivity contribution in [2.24, 2.45) is 0 Å². The van der Waals surface area contributed by atoms with E-state index in [0.717, 1.165) is 11.3 Å². The van der Waals surface area contributed by atoms with Gasteiger partial charge in [0.05, 0.1) is 6.61 Å². The maximum Gasteiger partial charge on any atom is 0.273 e. The van der Waals surface area contributed by atoms with Crippen molar-refractivity contribution in [1.82, 2.24) is 15.3 Å². The molecule has 2 rings (SSSR count). The Balaban J connectivity index is 1.72. The summed E-state index contributed by atoms with van der Waals surface area (Å²) in [6.07, 6.45) is 3.58. The molecule has 0 atom stereocenters. The Morgan fingerprint density at radius 3 is 2.81 bits per heavy atom. The maximum atomic E-state index is 11.8. The number of hydrogen-bond donors (Lipinski definition) is 2. The molecular weight excluding hydrogens is 268 g/mol. The van der Waals surface area contributed by atoms with Gasteiger partial charge in [-0.3, -0.25) is 4.79 Å². The molecule has 0 aliphatic heterocycles. The number of benzene rings is 1. The van der Waals surface area contributed by atoms with E-state index in [1.807, 2.05) is 31.2 Å². The van der Waals surface area contributed by atoms with Crippen LogP contribution in [0, 0.1) is 6.92 Å². The van der Waals surface area contributed by atoms with E-state index < -0.39 is 0 Å². The van der Waals surface area contributed by atoms with Gasteiger partial charge >= 0.3 is 0 Å². The number of hydrogen-bond acceptors (Lipinski definition) is 5. The molecule has 1 aromatic heterocycles. The Bertz CT molecular complexity index is 616. The molecular formula is C15H18N4O2. The number of ether oxygens (including phenoxy) is 1. The first kappa shape index (κ1) is 14.8. The summed E-state index contributed by atoms with van der Waals surface area (Å²) in [5.41, 5.74) is 6.83. The van der Waals surface area contributed by atoms with Gasteiger partial charge in [0.15, 0.2) is 11.5 Å². The van der Waals surface area contributed by atoms with Crippen molar-refractivity contribution in [2.45, 2.75) is 13.3 Å². The summed E-state index contributed by atoms with van der Waals surface area (Å²) < 4.78 is 5.64. The van der Waals surface area contributed by atoms with E-state index in [-0.39, 0.29) is 17.4 Å². The smallest absolute Gasteiger partial charge is 0.273 e. The van der Waals surface area contributed by atoms with E-state index in [2.05, 4.69) is 15.3 Å². The lowest BCUT2D eigenvalue weighted by atomic mass is 10.2. The van der Waals surface area contributed by atoms with E-state index in [0.29, 0.717) is 19.6 Å². The van der Waals surface area contributed by atoms with Crippen LogP contribution in [0.2, 0.25) is 0 Å². The SMILES string of the molecule is Cc1ccccc1OCCCNC(=O)c1nccnc1N. The van der Waals surface area contributed by atoms with Crippen LogP contribution < -0.4 is 15.8 Å². The number of nitrogens with one attached hydrogen (secondary N) is 1. The fraction of sp³-hybridized carbons (Fsp3) is 0.267. The highest BCUT2D eigenvalue weighted by Gasteiger charge is 2.10. The van der Waals surface area contributed by atoms with Crippen LogP contribution in [-0.4, -0.2) is 29.0 Å². The van der Waals surface area contributed by atoms with Gasteiger partial charge in [-0.15, -0.1) is 0 Å². The number of nitrogens with two attached hydrogens (primary N) is 1. The number of para-hydroxylation sites is 1. The van der Waals surface area contributed by atoms with E-state index in [9.17, 15) is 4.79 Å². The molecule has 0 saturated heterocycles. The fourth-order valence-corrected chi connectivity index (χ4v) is 1.78. The van der Waals surface area contributed by atoms with E-state index >= 15 is 0 Å². The Hall–Kier alpha value is -2.63. The van der Waals surface area contributed by atoms with Gasteiger partial charge < -0.3 is 15.8 Å². The monoisotopic (exact) mass is 286 g/mol. The molecule has 110 valence electrons. The summed E-state index contributed by atoms with van der Waals surface area (Å²) in [5, 5.41) is 2.74. The molecule has 0 spiro atoms. The Morgan fingerprint density at radius 2 is 2.05 bits per heavy atom. The highest BCUT2D eigenvalue weighted by atomic mass is 16.5. The Morgan fingerprint density at radius 1 is 1.29 bits per heavy atom. The van der Waals surface area contributed by atoms with Crippen LogP contribution in [0.25, 0.3) is 0 Å².